The molecule has 1 nitrogen and oxygen atoms in total. The highest BCUT2D eigenvalue weighted by molar-refractivity contribution is 5.89. The van der Waals surface area contributed by atoms with Crippen LogP contribution in [0.2, 0.25) is 0 Å². The van der Waals surface area contributed by atoms with Crippen molar-refractivity contribution >= 4 is 0 Å². The largest absolute Gasteiger partial charge is 0.389 e. The van der Waals surface area contributed by atoms with Crippen LogP contribution in [0.1, 0.15) is 18.6 Å². The molecule has 27 heavy (non-hydrogen) atoms. The van der Waals surface area contributed by atoms with Gasteiger partial charge >= 0.3 is 0 Å². The highest BCUT2D eigenvalue weighted by Gasteiger charge is 2.18. The van der Waals surface area contributed by atoms with E-state index >= 15 is 0 Å². The van der Waals surface area contributed by atoms with Gasteiger partial charge in [-0.3, -0.25) is 0 Å². The summed E-state index contributed by atoms with van der Waals surface area (Å²) >= 11 is 0. The molecule has 0 aliphatic carbocycles. The van der Waals surface area contributed by atoms with Crippen molar-refractivity contribution < 1.29 is 5.11 Å². The Kier molecular flexibility index (Phi) is 4.86. The number of aliphatic hydroxyl groups excluding tert-OH is 1. The van der Waals surface area contributed by atoms with Gasteiger partial charge in [0.1, 0.15) is 0 Å². The summed E-state index contributed by atoms with van der Waals surface area (Å²) in [7, 11) is 0. The molecule has 1 heteroatoms. The highest BCUT2D eigenvalue weighted by atomic mass is 16.3. The smallest absolute Gasteiger partial charge is 0.0768 e. The van der Waals surface area contributed by atoms with Gasteiger partial charge in [0.2, 0.25) is 0 Å². The van der Waals surface area contributed by atoms with Crippen LogP contribution in [-0.4, -0.2) is 5.11 Å². The minimum absolute atomic E-state index is 0.564. The van der Waals surface area contributed by atoms with Crippen LogP contribution in [0.5, 0.6) is 0 Å². The maximum absolute atomic E-state index is 10.6. The maximum atomic E-state index is 10.6. The van der Waals surface area contributed by atoms with Gasteiger partial charge in [0, 0.05) is 0 Å². The Morgan fingerprint density at radius 2 is 1.04 bits per heavy atom. The van der Waals surface area contributed by atoms with Gasteiger partial charge in [0.15, 0.2) is 0 Å². The Bertz CT molecular complexity index is 1020. The molecule has 0 fully saturated rings. The second-order valence-corrected chi connectivity index (χ2v) is 6.76. The second-order valence-electron chi connectivity index (χ2n) is 6.76. The molecule has 0 aliphatic rings. The third kappa shape index (κ3) is 3.55. The van der Waals surface area contributed by atoms with Crippen molar-refractivity contribution in [3.63, 3.8) is 0 Å². The lowest BCUT2D eigenvalue weighted by Crippen LogP contribution is -1.99. The molecule has 0 spiro atoms. The van der Waals surface area contributed by atoms with E-state index in [4.69, 9.17) is 0 Å². The van der Waals surface area contributed by atoms with Crippen LogP contribution in [0.25, 0.3) is 33.4 Å². The zero-order chi connectivity index (χ0) is 18.6. The maximum Gasteiger partial charge on any atom is 0.0768 e. The van der Waals surface area contributed by atoms with E-state index in [-0.39, 0.29) is 0 Å². The summed E-state index contributed by atoms with van der Waals surface area (Å²) in [5.74, 6) is 0. The minimum Gasteiger partial charge on any atom is -0.389 e. The monoisotopic (exact) mass is 350 g/mol. The first-order valence-electron chi connectivity index (χ1n) is 9.26. The van der Waals surface area contributed by atoms with Crippen molar-refractivity contribution in [2.24, 2.45) is 0 Å². The molecule has 0 radical (unpaired) electrons. The van der Waals surface area contributed by atoms with E-state index < -0.39 is 6.10 Å². The van der Waals surface area contributed by atoms with Crippen LogP contribution < -0.4 is 0 Å². The molecule has 0 saturated carbocycles. The van der Waals surface area contributed by atoms with E-state index in [2.05, 4.69) is 60.7 Å². The van der Waals surface area contributed by atoms with E-state index in [9.17, 15) is 5.11 Å². The quantitative estimate of drug-likeness (QED) is 0.432. The summed E-state index contributed by atoms with van der Waals surface area (Å²) in [6.07, 6.45) is -0.564. The summed E-state index contributed by atoms with van der Waals surface area (Å²) in [6, 6.07) is 35.4. The molecule has 0 aliphatic heterocycles. The molecule has 4 rings (SSSR count). The van der Waals surface area contributed by atoms with Crippen molar-refractivity contribution in [3.8, 4) is 33.4 Å². The van der Waals surface area contributed by atoms with E-state index in [1.54, 1.807) is 0 Å². The number of benzene rings is 4. The average Bonchev–Trinajstić information content (AvgIpc) is 2.74. The summed E-state index contributed by atoms with van der Waals surface area (Å²) in [5, 5.41) is 10.6. The van der Waals surface area contributed by atoms with Gasteiger partial charge in [-0.15, -0.1) is 0 Å². The van der Waals surface area contributed by atoms with Crippen molar-refractivity contribution in [1.82, 2.24) is 0 Å². The van der Waals surface area contributed by atoms with Crippen molar-refractivity contribution in [1.29, 1.82) is 0 Å². The zero-order valence-corrected chi connectivity index (χ0v) is 15.3. The lowest BCUT2D eigenvalue weighted by Gasteiger charge is -2.20. The Balaban J connectivity index is 2.05. The molecular formula is C26H22O. The zero-order valence-electron chi connectivity index (χ0n) is 15.3. The summed E-state index contributed by atoms with van der Waals surface area (Å²) in [5.41, 5.74) is 7.71. The summed E-state index contributed by atoms with van der Waals surface area (Å²) < 4.78 is 0. The Morgan fingerprint density at radius 3 is 1.56 bits per heavy atom. The van der Waals surface area contributed by atoms with Gasteiger partial charge in [0.05, 0.1) is 6.10 Å². The molecular weight excluding hydrogens is 328 g/mol. The first-order valence-corrected chi connectivity index (χ1v) is 9.26. The van der Waals surface area contributed by atoms with Gasteiger partial charge < -0.3 is 5.11 Å². The molecule has 1 atom stereocenters. The van der Waals surface area contributed by atoms with Gasteiger partial charge in [-0.05, 0) is 58.0 Å². The Labute approximate surface area is 160 Å². The molecule has 132 valence electrons. The predicted octanol–water partition coefficient (Wildman–Crippen LogP) is 6.74. The normalized spacial score (nSPS) is 11.9. The first kappa shape index (κ1) is 17.3. The van der Waals surface area contributed by atoms with E-state index in [1.165, 1.54) is 0 Å². The van der Waals surface area contributed by atoms with Crippen molar-refractivity contribution in [2.45, 2.75) is 13.0 Å². The minimum atomic E-state index is -0.564. The molecule has 0 heterocycles. The third-order valence-electron chi connectivity index (χ3n) is 4.87. The van der Waals surface area contributed by atoms with Crippen LogP contribution in [0, 0.1) is 0 Å². The van der Waals surface area contributed by atoms with Gasteiger partial charge in [-0.2, -0.15) is 0 Å². The number of hydrogen-bond acceptors (Lipinski definition) is 1. The molecule has 4 aromatic rings. The lowest BCUT2D eigenvalue weighted by atomic mass is 9.85. The first-order chi connectivity index (χ1) is 13.2. The van der Waals surface area contributed by atoms with E-state index in [1.807, 2.05) is 49.4 Å². The van der Waals surface area contributed by atoms with Crippen LogP contribution in [-0.2, 0) is 0 Å². The number of hydrogen-bond donors (Lipinski definition) is 1. The van der Waals surface area contributed by atoms with Crippen LogP contribution in [0.3, 0.4) is 0 Å². The third-order valence-corrected chi connectivity index (χ3v) is 4.87. The average molecular weight is 350 g/mol. The number of aliphatic hydroxyl groups is 1. The Hall–Kier alpha value is -3.16. The number of rotatable bonds is 4. The fourth-order valence-electron chi connectivity index (χ4n) is 3.56. The molecule has 0 amide bonds. The summed E-state index contributed by atoms with van der Waals surface area (Å²) in [6.45, 7) is 1.84. The fraction of sp³-hybridized carbons (Fsp3) is 0.0769. The van der Waals surface area contributed by atoms with Crippen LogP contribution >= 0.6 is 0 Å². The van der Waals surface area contributed by atoms with Crippen molar-refractivity contribution in [2.75, 3.05) is 0 Å². The van der Waals surface area contributed by atoms with Crippen molar-refractivity contribution in [3.05, 3.63) is 109 Å². The second kappa shape index (κ2) is 7.61. The lowest BCUT2D eigenvalue weighted by molar-refractivity contribution is 0.200. The molecule has 0 aromatic heterocycles. The van der Waals surface area contributed by atoms with Crippen LogP contribution in [0.4, 0.5) is 0 Å². The fourth-order valence-corrected chi connectivity index (χ4v) is 3.56. The summed E-state index contributed by atoms with van der Waals surface area (Å²) in [4.78, 5) is 0. The predicted molar refractivity (Wildman–Crippen MR) is 113 cm³/mol. The van der Waals surface area contributed by atoms with Gasteiger partial charge in [-0.1, -0.05) is 91.0 Å². The Morgan fingerprint density at radius 1 is 0.556 bits per heavy atom. The highest BCUT2D eigenvalue weighted by Crippen LogP contribution is 2.40. The van der Waals surface area contributed by atoms with Gasteiger partial charge in [0.25, 0.3) is 0 Å². The molecule has 0 unspecified atom stereocenters. The topological polar surface area (TPSA) is 20.2 Å². The van der Waals surface area contributed by atoms with E-state index in [0.717, 1.165) is 38.9 Å². The molecule has 1 N–H and O–H groups in total. The van der Waals surface area contributed by atoms with E-state index in [0.29, 0.717) is 0 Å². The SMILES string of the molecule is C[C@H](O)c1cc(-c2ccccc2)cc(-c2ccccc2)c1-c1ccccc1. The molecule has 0 bridgehead atoms. The van der Waals surface area contributed by atoms with Crippen LogP contribution in [0.15, 0.2) is 103 Å². The molecule has 4 aromatic carbocycles. The van der Waals surface area contributed by atoms with Gasteiger partial charge in [-0.25, -0.2) is 0 Å². The standard InChI is InChI=1S/C26H22O/c1-19(27)24-17-23(20-11-5-2-6-12-20)18-25(21-13-7-3-8-14-21)26(24)22-15-9-4-10-16-22/h2-19,27H,1H3/t19-/m0/s1. The molecule has 0 saturated heterocycles.